The molecule has 3 fully saturated rings. The van der Waals surface area contributed by atoms with E-state index in [1.807, 2.05) is 4.90 Å². The summed E-state index contributed by atoms with van der Waals surface area (Å²) >= 11 is 0. The summed E-state index contributed by atoms with van der Waals surface area (Å²) in [6, 6.07) is 4.87. The average molecular weight is 351 g/mol. The predicted octanol–water partition coefficient (Wildman–Crippen LogP) is 1.67. The second-order valence-corrected chi connectivity index (χ2v) is 6.50. The summed E-state index contributed by atoms with van der Waals surface area (Å²) in [5, 5.41) is 2.89. The predicted molar refractivity (Wildman–Crippen MR) is 89.2 cm³/mol. The maximum Gasteiger partial charge on any atom is 0.416 e. The van der Waals surface area contributed by atoms with Gasteiger partial charge in [-0.25, -0.2) is 9.18 Å². The Bertz CT molecular complexity index is 655. The quantitative estimate of drug-likeness (QED) is 0.894. The summed E-state index contributed by atoms with van der Waals surface area (Å²) in [7, 11) is 1.71. The maximum absolute atomic E-state index is 14.7. The number of amides is 1. The molecule has 136 valence electrons. The van der Waals surface area contributed by atoms with Crippen molar-refractivity contribution < 1.29 is 23.4 Å². The lowest BCUT2D eigenvalue weighted by Gasteiger charge is -2.38. The number of halogens is 1. The Labute approximate surface area is 145 Å². The topological polar surface area (TPSA) is 63.3 Å². The molecule has 0 aliphatic carbocycles. The zero-order chi connectivity index (χ0) is 17.4. The van der Waals surface area contributed by atoms with Crippen molar-refractivity contribution in [1.29, 1.82) is 0 Å². The standard InChI is InChI=1S/C17H22FN3O4/c1-19-15-11-21(16(22)25-15)12-2-3-14(13(18)10-12)20-6-4-17(5-7-20)23-8-9-24-17/h2-3,10,15,19H,4-9,11H2,1H3. The van der Waals surface area contributed by atoms with Crippen molar-refractivity contribution in [3.05, 3.63) is 24.0 Å². The highest BCUT2D eigenvalue weighted by Crippen LogP contribution is 2.35. The second kappa shape index (κ2) is 6.44. The van der Waals surface area contributed by atoms with Gasteiger partial charge < -0.3 is 19.1 Å². The van der Waals surface area contributed by atoms with E-state index >= 15 is 0 Å². The van der Waals surface area contributed by atoms with Gasteiger partial charge in [-0.2, -0.15) is 0 Å². The summed E-state index contributed by atoms with van der Waals surface area (Å²) in [5.74, 6) is -0.823. The molecule has 8 heteroatoms. The second-order valence-electron chi connectivity index (χ2n) is 6.50. The summed E-state index contributed by atoms with van der Waals surface area (Å²) in [6.45, 7) is 2.95. The lowest BCUT2D eigenvalue weighted by Crippen LogP contribution is -2.45. The Morgan fingerprint density at radius 3 is 2.56 bits per heavy atom. The Kier molecular flexibility index (Phi) is 4.26. The van der Waals surface area contributed by atoms with E-state index in [0.29, 0.717) is 44.2 Å². The van der Waals surface area contributed by atoms with Gasteiger partial charge >= 0.3 is 6.09 Å². The number of carbonyl (C=O) groups excluding carboxylic acids is 1. The highest BCUT2D eigenvalue weighted by atomic mass is 19.1. The maximum atomic E-state index is 14.7. The summed E-state index contributed by atoms with van der Waals surface area (Å²) in [5.41, 5.74) is 1.04. The van der Waals surface area contributed by atoms with Gasteiger partial charge in [-0.15, -0.1) is 0 Å². The summed E-state index contributed by atoms with van der Waals surface area (Å²) in [4.78, 5) is 15.3. The van der Waals surface area contributed by atoms with E-state index < -0.39 is 11.9 Å². The van der Waals surface area contributed by atoms with E-state index in [1.165, 1.54) is 11.0 Å². The number of anilines is 2. The molecule has 3 aliphatic heterocycles. The highest BCUT2D eigenvalue weighted by Gasteiger charge is 2.40. The molecule has 1 N–H and O–H groups in total. The van der Waals surface area contributed by atoms with Crippen LogP contribution in [-0.2, 0) is 14.2 Å². The molecule has 3 saturated heterocycles. The third kappa shape index (κ3) is 3.05. The van der Waals surface area contributed by atoms with E-state index in [-0.39, 0.29) is 12.0 Å². The largest absolute Gasteiger partial charge is 0.428 e. The van der Waals surface area contributed by atoms with Crippen molar-refractivity contribution in [3.8, 4) is 0 Å². The van der Waals surface area contributed by atoms with Crippen LogP contribution in [0.25, 0.3) is 0 Å². The van der Waals surface area contributed by atoms with Crippen molar-refractivity contribution in [1.82, 2.24) is 5.32 Å². The molecule has 1 amide bonds. The molecule has 25 heavy (non-hydrogen) atoms. The Morgan fingerprint density at radius 1 is 1.24 bits per heavy atom. The number of rotatable bonds is 3. The number of piperidine rings is 1. The fourth-order valence-electron chi connectivity index (χ4n) is 3.62. The first-order valence-electron chi connectivity index (χ1n) is 8.58. The van der Waals surface area contributed by atoms with Crippen molar-refractivity contribution in [2.75, 3.05) is 49.7 Å². The minimum atomic E-state index is -0.478. The number of likely N-dealkylation sites (N-methyl/N-ethyl adjacent to an activating group) is 1. The van der Waals surface area contributed by atoms with Crippen LogP contribution < -0.4 is 15.1 Å². The third-order valence-corrected chi connectivity index (χ3v) is 5.06. The number of ether oxygens (including phenoxy) is 3. The number of carbonyl (C=O) groups is 1. The van der Waals surface area contributed by atoms with Crippen LogP contribution in [0.3, 0.4) is 0 Å². The number of nitrogens with one attached hydrogen (secondary N) is 1. The first-order chi connectivity index (χ1) is 12.1. The van der Waals surface area contributed by atoms with Gasteiger partial charge in [-0.05, 0) is 25.2 Å². The van der Waals surface area contributed by atoms with Crippen LogP contribution in [0.2, 0.25) is 0 Å². The smallest absolute Gasteiger partial charge is 0.416 e. The third-order valence-electron chi connectivity index (χ3n) is 5.06. The van der Waals surface area contributed by atoms with Gasteiger partial charge in [0.25, 0.3) is 0 Å². The molecule has 4 rings (SSSR count). The van der Waals surface area contributed by atoms with Crippen LogP contribution in [0.5, 0.6) is 0 Å². The van der Waals surface area contributed by atoms with Gasteiger partial charge in [0.2, 0.25) is 0 Å². The van der Waals surface area contributed by atoms with Gasteiger partial charge in [-0.1, -0.05) is 0 Å². The van der Waals surface area contributed by atoms with E-state index in [9.17, 15) is 9.18 Å². The molecule has 0 saturated carbocycles. The summed E-state index contributed by atoms with van der Waals surface area (Å²) in [6.07, 6.45) is 0.592. The lowest BCUT2D eigenvalue weighted by molar-refractivity contribution is -0.169. The lowest BCUT2D eigenvalue weighted by atomic mass is 10.0. The molecule has 1 aromatic rings. The minimum Gasteiger partial charge on any atom is -0.428 e. The van der Waals surface area contributed by atoms with Gasteiger partial charge in [0, 0.05) is 25.9 Å². The molecule has 1 aromatic carbocycles. The van der Waals surface area contributed by atoms with Crippen LogP contribution in [0.15, 0.2) is 18.2 Å². The van der Waals surface area contributed by atoms with Crippen LogP contribution in [0, 0.1) is 5.82 Å². The number of nitrogens with zero attached hydrogens (tertiary/aromatic N) is 2. The van der Waals surface area contributed by atoms with Gasteiger partial charge in [0.05, 0.1) is 31.1 Å². The average Bonchev–Trinajstić information content (AvgIpc) is 3.23. The molecule has 0 radical (unpaired) electrons. The monoisotopic (exact) mass is 351 g/mol. The Morgan fingerprint density at radius 2 is 1.96 bits per heavy atom. The molecule has 1 unspecified atom stereocenters. The molecule has 1 atom stereocenters. The van der Waals surface area contributed by atoms with Crippen LogP contribution in [0.1, 0.15) is 12.8 Å². The zero-order valence-corrected chi connectivity index (χ0v) is 14.2. The molecule has 3 aliphatic rings. The summed E-state index contributed by atoms with van der Waals surface area (Å²) < 4.78 is 31.2. The Balaban J connectivity index is 1.46. The van der Waals surface area contributed by atoms with Crippen molar-refractivity contribution in [2.45, 2.75) is 24.9 Å². The highest BCUT2D eigenvalue weighted by molar-refractivity contribution is 5.90. The van der Waals surface area contributed by atoms with E-state index in [0.717, 1.165) is 12.8 Å². The SMILES string of the molecule is CNC1CN(c2ccc(N3CCC4(CC3)OCCO4)c(F)c2)C(=O)O1. The van der Waals surface area contributed by atoms with Crippen molar-refractivity contribution in [2.24, 2.45) is 0 Å². The normalized spacial score (nSPS) is 25.7. The van der Waals surface area contributed by atoms with Crippen molar-refractivity contribution in [3.63, 3.8) is 0 Å². The van der Waals surface area contributed by atoms with E-state index in [1.54, 1.807) is 19.2 Å². The van der Waals surface area contributed by atoms with Crippen LogP contribution in [0.4, 0.5) is 20.6 Å². The molecular weight excluding hydrogens is 329 g/mol. The van der Waals surface area contributed by atoms with Gasteiger partial charge in [0.15, 0.2) is 12.0 Å². The van der Waals surface area contributed by atoms with Crippen LogP contribution in [-0.4, -0.2) is 58.0 Å². The molecule has 0 bridgehead atoms. The van der Waals surface area contributed by atoms with Gasteiger partial charge in [0.1, 0.15) is 5.82 Å². The molecular formula is C17H22FN3O4. The fraction of sp³-hybridized carbons (Fsp3) is 0.588. The Hall–Kier alpha value is -1.90. The number of hydrogen-bond acceptors (Lipinski definition) is 6. The van der Waals surface area contributed by atoms with Gasteiger partial charge in [-0.3, -0.25) is 10.2 Å². The number of cyclic esters (lactones) is 1. The number of benzene rings is 1. The minimum absolute atomic E-state index is 0.345. The van der Waals surface area contributed by atoms with Crippen LogP contribution >= 0.6 is 0 Å². The number of hydrogen-bond donors (Lipinski definition) is 1. The van der Waals surface area contributed by atoms with E-state index in [2.05, 4.69) is 5.32 Å². The first kappa shape index (κ1) is 16.6. The first-order valence-corrected chi connectivity index (χ1v) is 8.58. The van der Waals surface area contributed by atoms with E-state index in [4.69, 9.17) is 14.2 Å². The molecule has 0 aromatic heterocycles. The zero-order valence-electron chi connectivity index (χ0n) is 14.2. The molecule has 7 nitrogen and oxygen atoms in total. The molecule has 3 heterocycles. The van der Waals surface area contributed by atoms with Crippen molar-refractivity contribution >= 4 is 17.5 Å². The fourth-order valence-corrected chi connectivity index (χ4v) is 3.62. The molecule has 1 spiro atoms.